The predicted octanol–water partition coefficient (Wildman–Crippen LogP) is 2.32. The lowest BCUT2D eigenvalue weighted by molar-refractivity contribution is -0.104. The normalized spacial score (nSPS) is 23.0. The van der Waals surface area contributed by atoms with E-state index in [4.69, 9.17) is 0 Å². The SMILES string of the molecule is CC(C=O)=C(C1CC1)C1CC1. The summed E-state index contributed by atoms with van der Waals surface area (Å²) in [5.74, 6) is 1.60. The fourth-order valence-electron chi connectivity index (χ4n) is 1.83. The van der Waals surface area contributed by atoms with Crippen molar-refractivity contribution in [3.05, 3.63) is 11.1 Å². The molecule has 0 N–H and O–H groups in total. The first-order valence-corrected chi connectivity index (χ1v) is 4.48. The van der Waals surface area contributed by atoms with Gasteiger partial charge in [0.15, 0.2) is 0 Å². The minimum absolute atomic E-state index is 0.799. The van der Waals surface area contributed by atoms with Crippen LogP contribution >= 0.6 is 0 Å². The van der Waals surface area contributed by atoms with E-state index in [1.165, 1.54) is 31.3 Å². The molecule has 0 saturated heterocycles. The van der Waals surface area contributed by atoms with E-state index in [-0.39, 0.29) is 0 Å². The molecule has 0 aliphatic heterocycles. The van der Waals surface area contributed by atoms with E-state index in [9.17, 15) is 4.79 Å². The summed E-state index contributed by atoms with van der Waals surface area (Å²) >= 11 is 0. The average Bonchev–Trinajstić information content (AvgIpc) is 2.81. The Hall–Kier alpha value is -0.590. The summed E-state index contributed by atoms with van der Waals surface area (Å²) in [5, 5.41) is 0. The van der Waals surface area contributed by atoms with Gasteiger partial charge in [0.2, 0.25) is 0 Å². The highest BCUT2D eigenvalue weighted by Gasteiger charge is 2.37. The molecule has 0 spiro atoms. The molecule has 0 aromatic heterocycles. The molecule has 2 saturated carbocycles. The molecular formula is C10H14O. The smallest absolute Gasteiger partial charge is 0.145 e. The Morgan fingerprint density at radius 2 is 1.64 bits per heavy atom. The molecule has 0 heterocycles. The summed E-state index contributed by atoms with van der Waals surface area (Å²) < 4.78 is 0. The van der Waals surface area contributed by atoms with Gasteiger partial charge in [-0.25, -0.2) is 0 Å². The topological polar surface area (TPSA) is 17.1 Å². The Morgan fingerprint density at radius 1 is 1.18 bits per heavy atom. The first-order valence-electron chi connectivity index (χ1n) is 4.48. The van der Waals surface area contributed by atoms with Crippen molar-refractivity contribution in [3.8, 4) is 0 Å². The highest BCUT2D eigenvalue weighted by Crippen LogP contribution is 2.49. The molecule has 2 rings (SSSR count). The zero-order valence-electron chi connectivity index (χ0n) is 6.97. The summed E-state index contributed by atoms with van der Waals surface area (Å²) in [4.78, 5) is 10.6. The number of aldehydes is 1. The minimum atomic E-state index is 0.799. The van der Waals surface area contributed by atoms with Crippen LogP contribution in [0.2, 0.25) is 0 Å². The van der Waals surface area contributed by atoms with E-state index in [0.29, 0.717) is 0 Å². The Kier molecular flexibility index (Phi) is 1.59. The third kappa shape index (κ3) is 1.37. The molecular weight excluding hydrogens is 136 g/mol. The minimum Gasteiger partial charge on any atom is -0.298 e. The highest BCUT2D eigenvalue weighted by molar-refractivity contribution is 5.74. The molecule has 0 amide bonds. The highest BCUT2D eigenvalue weighted by atomic mass is 16.1. The van der Waals surface area contributed by atoms with Crippen LogP contribution in [-0.4, -0.2) is 6.29 Å². The summed E-state index contributed by atoms with van der Waals surface area (Å²) in [5.41, 5.74) is 2.52. The van der Waals surface area contributed by atoms with E-state index in [0.717, 1.165) is 23.7 Å². The van der Waals surface area contributed by atoms with E-state index in [1.54, 1.807) is 0 Å². The predicted molar refractivity (Wildman–Crippen MR) is 44.2 cm³/mol. The second kappa shape index (κ2) is 2.47. The van der Waals surface area contributed by atoms with Crippen molar-refractivity contribution in [3.63, 3.8) is 0 Å². The molecule has 60 valence electrons. The van der Waals surface area contributed by atoms with Gasteiger partial charge in [0.25, 0.3) is 0 Å². The molecule has 0 radical (unpaired) electrons. The van der Waals surface area contributed by atoms with Crippen molar-refractivity contribution < 1.29 is 4.79 Å². The monoisotopic (exact) mass is 150 g/mol. The van der Waals surface area contributed by atoms with E-state index >= 15 is 0 Å². The Bertz CT molecular complexity index is 193. The fourth-order valence-corrected chi connectivity index (χ4v) is 1.83. The summed E-state index contributed by atoms with van der Waals surface area (Å²) in [6.07, 6.45) is 6.36. The molecule has 1 nitrogen and oxygen atoms in total. The summed E-state index contributed by atoms with van der Waals surface area (Å²) in [6, 6.07) is 0. The fraction of sp³-hybridized carbons (Fsp3) is 0.700. The maximum atomic E-state index is 10.6. The van der Waals surface area contributed by atoms with Gasteiger partial charge < -0.3 is 0 Å². The Balaban J connectivity index is 2.18. The molecule has 0 aromatic rings. The molecule has 2 aliphatic carbocycles. The van der Waals surface area contributed by atoms with Gasteiger partial charge in [-0.3, -0.25) is 4.79 Å². The van der Waals surface area contributed by atoms with Crippen LogP contribution in [0.4, 0.5) is 0 Å². The maximum absolute atomic E-state index is 10.6. The lowest BCUT2D eigenvalue weighted by Gasteiger charge is -2.04. The zero-order valence-corrected chi connectivity index (χ0v) is 6.97. The van der Waals surface area contributed by atoms with Gasteiger partial charge >= 0.3 is 0 Å². The molecule has 2 fully saturated rings. The first kappa shape index (κ1) is 7.08. The average molecular weight is 150 g/mol. The van der Waals surface area contributed by atoms with Gasteiger partial charge in [-0.05, 0) is 50.0 Å². The summed E-state index contributed by atoms with van der Waals surface area (Å²) in [7, 11) is 0. The van der Waals surface area contributed by atoms with Crippen LogP contribution in [0.1, 0.15) is 32.6 Å². The van der Waals surface area contributed by atoms with Crippen LogP contribution < -0.4 is 0 Å². The number of hydrogen-bond donors (Lipinski definition) is 0. The van der Waals surface area contributed by atoms with Crippen molar-refractivity contribution >= 4 is 6.29 Å². The molecule has 1 heteroatoms. The van der Waals surface area contributed by atoms with Crippen molar-refractivity contribution in [1.82, 2.24) is 0 Å². The van der Waals surface area contributed by atoms with Crippen LogP contribution in [0.25, 0.3) is 0 Å². The molecule has 2 aliphatic rings. The molecule has 0 aromatic carbocycles. The lowest BCUT2D eigenvalue weighted by atomic mass is 10.0. The summed E-state index contributed by atoms with van der Waals surface area (Å²) in [6.45, 7) is 1.97. The first-order chi connectivity index (χ1) is 5.33. The van der Waals surface area contributed by atoms with Crippen molar-refractivity contribution in [1.29, 1.82) is 0 Å². The van der Waals surface area contributed by atoms with Crippen LogP contribution in [-0.2, 0) is 4.79 Å². The molecule has 0 atom stereocenters. The lowest BCUT2D eigenvalue weighted by Crippen LogP contribution is -1.94. The van der Waals surface area contributed by atoms with E-state index in [1.807, 2.05) is 6.92 Å². The number of carbonyl (C=O) groups is 1. The third-order valence-electron chi connectivity index (χ3n) is 2.67. The van der Waals surface area contributed by atoms with Gasteiger partial charge in [0.05, 0.1) is 0 Å². The standard InChI is InChI=1S/C10H14O/c1-7(6-11)10(8-2-3-8)9-4-5-9/h6,8-9H,2-5H2,1H3. The van der Waals surface area contributed by atoms with Crippen LogP contribution in [0.3, 0.4) is 0 Å². The number of carbonyl (C=O) groups excluding carboxylic acids is 1. The van der Waals surface area contributed by atoms with Gasteiger partial charge in [-0.15, -0.1) is 0 Å². The van der Waals surface area contributed by atoms with Gasteiger partial charge in [0.1, 0.15) is 6.29 Å². The Morgan fingerprint density at radius 3 is 1.91 bits per heavy atom. The maximum Gasteiger partial charge on any atom is 0.145 e. The van der Waals surface area contributed by atoms with Crippen molar-refractivity contribution in [2.24, 2.45) is 11.8 Å². The zero-order chi connectivity index (χ0) is 7.84. The molecule has 0 bridgehead atoms. The largest absolute Gasteiger partial charge is 0.298 e. The van der Waals surface area contributed by atoms with Gasteiger partial charge in [0, 0.05) is 0 Å². The van der Waals surface area contributed by atoms with Crippen LogP contribution in [0, 0.1) is 11.8 Å². The number of allylic oxidation sites excluding steroid dienone is 2. The molecule has 11 heavy (non-hydrogen) atoms. The van der Waals surface area contributed by atoms with Crippen molar-refractivity contribution in [2.45, 2.75) is 32.6 Å². The van der Waals surface area contributed by atoms with E-state index in [2.05, 4.69) is 0 Å². The second-order valence-electron chi connectivity index (χ2n) is 3.80. The van der Waals surface area contributed by atoms with Crippen molar-refractivity contribution in [2.75, 3.05) is 0 Å². The van der Waals surface area contributed by atoms with E-state index < -0.39 is 0 Å². The van der Waals surface area contributed by atoms with Gasteiger partial charge in [-0.2, -0.15) is 0 Å². The third-order valence-corrected chi connectivity index (χ3v) is 2.67. The number of hydrogen-bond acceptors (Lipinski definition) is 1. The molecule has 0 unspecified atom stereocenters. The number of rotatable bonds is 3. The second-order valence-corrected chi connectivity index (χ2v) is 3.80. The van der Waals surface area contributed by atoms with Crippen LogP contribution in [0.5, 0.6) is 0 Å². The van der Waals surface area contributed by atoms with Crippen LogP contribution in [0.15, 0.2) is 11.1 Å². The quantitative estimate of drug-likeness (QED) is 0.445. The van der Waals surface area contributed by atoms with Gasteiger partial charge in [-0.1, -0.05) is 5.57 Å². The Labute approximate surface area is 67.5 Å².